The van der Waals surface area contributed by atoms with Gasteiger partial charge in [-0.05, 0) is 43.2 Å². The summed E-state index contributed by atoms with van der Waals surface area (Å²) in [5.41, 5.74) is 5.85. The maximum atomic E-state index is 9.50. The van der Waals surface area contributed by atoms with Gasteiger partial charge < -0.3 is 0 Å². The Labute approximate surface area is 150 Å². The van der Waals surface area contributed by atoms with E-state index in [1.165, 1.54) is 22.5 Å². The van der Waals surface area contributed by atoms with Gasteiger partial charge in [0.15, 0.2) is 0 Å². The molecule has 0 saturated carbocycles. The minimum atomic E-state index is 0.540. The van der Waals surface area contributed by atoms with Crippen LogP contribution in [-0.4, -0.2) is 4.98 Å². The number of nitrogens with zero attached hydrogens (tertiary/aromatic N) is 2. The van der Waals surface area contributed by atoms with Gasteiger partial charge in [-0.15, -0.1) is 11.3 Å². The standard InChI is InChI=1S/C20H15ClN2S/c1-13-6-7-18(14(2)8-13)19-12-24-20(23-19)16(11-22)9-15-4-3-5-17(21)10-15/h3-10,12H,1-2H3. The fourth-order valence-electron chi connectivity index (χ4n) is 2.53. The quantitative estimate of drug-likeness (QED) is 0.531. The average Bonchev–Trinajstić information content (AvgIpc) is 3.02. The minimum absolute atomic E-state index is 0.540. The highest BCUT2D eigenvalue weighted by Gasteiger charge is 2.11. The highest BCUT2D eigenvalue weighted by Crippen LogP contribution is 2.29. The van der Waals surface area contributed by atoms with Crippen LogP contribution in [0.2, 0.25) is 5.02 Å². The monoisotopic (exact) mass is 350 g/mol. The summed E-state index contributed by atoms with van der Waals surface area (Å²) in [6.07, 6.45) is 1.82. The third-order valence-electron chi connectivity index (χ3n) is 3.67. The van der Waals surface area contributed by atoms with E-state index >= 15 is 0 Å². The van der Waals surface area contributed by atoms with Gasteiger partial charge >= 0.3 is 0 Å². The summed E-state index contributed by atoms with van der Waals surface area (Å²) < 4.78 is 0. The molecule has 0 amide bonds. The Morgan fingerprint density at radius 2 is 2.04 bits per heavy atom. The minimum Gasteiger partial charge on any atom is -0.235 e. The number of aromatic nitrogens is 1. The summed E-state index contributed by atoms with van der Waals surface area (Å²) in [7, 11) is 0. The Hall–Kier alpha value is -2.41. The molecule has 0 aliphatic rings. The Morgan fingerprint density at radius 3 is 2.75 bits per heavy atom. The van der Waals surface area contributed by atoms with E-state index in [9.17, 15) is 5.26 Å². The van der Waals surface area contributed by atoms with Crippen LogP contribution in [0.3, 0.4) is 0 Å². The molecule has 0 atom stereocenters. The van der Waals surface area contributed by atoms with Crippen molar-refractivity contribution in [2.75, 3.05) is 0 Å². The largest absolute Gasteiger partial charge is 0.235 e. The second-order valence-electron chi connectivity index (χ2n) is 5.58. The second kappa shape index (κ2) is 7.00. The maximum absolute atomic E-state index is 9.50. The molecule has 0 unspecified atom stereocenters. The zero-order valence-corrected chi connectivity index (χ0v) is 14.9. The Bertz CT molecular complexity index is 964. The first-order valence-electron chi connectivity index (χ1n) is 7.48. The van der Waals surface area contributed by atoms with E-state index in [0.717, 1.165) is 16.8 Å². The number of rotatable bonds is 3. The van der Waals surface area contributed by atoms with Crippen LogP contribution in [0.4, 0.5) is 0 Å². The van der Waals surface area contributed by atoms with Crippen molar-refractivity contribution in [2.24, 2.45) is 0 Å². The number of benzene rings is 2. The molecule has 24 heavy (non-hydrogen) atoms. The first kappa shape index (κ1) is 16.4. The lowest BCUT2D eigenvalue weighted by molar-refractivity contribution is 1.32. The van der Waals surface area contributed by atoms with Crippen molar-refractivity contribution < 1.29 is 0 Å². The molecular formula is C20H15ClN2S. The molecule has 0 radical (unpaired) electrons. The molecule has 2 aromatic carbocycles. The van der Waals surface area contributed by atoms with Crippen molar-refractivity contribution in [1.29, 1.82) is 5.26 Å². The van der Waals surface area contributed by atoms with Gasteiger partial charge in [-0.2, -0.15) is 5.26 Å². The van der Waals surface area contributed by atoms with E-state index in [4.69, 9.17) is 11.6 Å². The molecule has 0 N–H and O–H groups in total. The van der Waals surface area contributed by atoms with Crippen LogP contribution >= 0.6 is 22.9 Å². The van der Waals surface area contributed by atoms with Gasteiger partial charge in [0.1, 0.15) is 11.1 Å². The molecule has 0 aliphatic heterocycles. The van der Waals surface area contributed by atoms with Crippen LogP contribution in [0.15, 0.2) is 47.8 Å². The van der Waals surface area contributed by atoms with Crippen LogP contribution in [-0.2, 0) is 0 Å². The number of nitriles is 1. The smallest absolute Gasteiger partial charge is 0.134 e. The van der Waals surface area contributed by atoms with Crippen LogP contribution in [0.1, 0.15) is 21.7 Å². The molecule has 1 aromatic heterocycles. The van der Waals surface area contributed by atoms with Crippen molar-refractivity contribution in [3.05, 3.63) is 74.6 Å². The van der Waals surface area contributed by atoms with Crippen LogP contribution < -0.4 is 0 Å². The summed E-state index contributed by atoms with van der Waals surface area (Å²) in [5, 5.41) is 12.9. The van der Waals surface area contributed by atoms with E-state index in [0.29, 0.717) is 15.6 Å². The number of aryl methyl sites for hydroxylation is 2. The third-order valence-corrected chi connectivity index (χ3v) is 4.78. The summed E-state index contributed by atoms with van der Waals surface area (Å²) in [6, 6.07) is 16.0. The highest BCUT2D eigenvalue weighted by atomic mass is 35.5. The first-order chi connectivity index (χ1) is 11.6. The van der Waals surface area contributed by atoms with Crippen molar-refractivity contribution in [3.8, 4) is 17.3 Å². The topological polar surface area (TPSA) is 36.7 Å². The zero-order valence-electron chi connectivity index (χ0n) is 13.4. The second-order valence-corrected chi connectivity index (χ2v) is 6.88. The van der Waals surface area contributed by atoms with E-state index in [2.05, 4.69) is 43.1 Å². The van der Waals surface area contributed by atoms with Crippen molar-refractivity contribution in [1.82, 2.24) is 4.98 Å². The summed E-state index contributed by atoms with van der Waals surface area (Å²) in [5.74, 6) is 0. The van der Waals surface area contributed by atoms with Gasteiger partial charge in [-0.3, -0.25) is 0 Å². The molecular weight excluding hydrogens is 336 g/mol. The molecule has 0 spiro atoms. The van der Waals surface area contributed by atoms with Gasteiger partial charge in [0.25, 0.3) is 0 Å². The van der Waals surface area contributed by atoms with Crippen molar-refractivity contribution in [3.63, 3.8) is 0 Å². The normalized spacial score (nSPS) is 11.3. The molecule has 2 nitrogen and oxygen atoms in total. The SMILES string of the molecule is Cc1ccc(-c2csc(C(C#N)=Cc3cccc(Cl)c3)n2)c(C)c1. The molecule has 0 fully saturated rings. The van der Waals surface area contributed by atoms with Gasteiger partial charge in [-0.1, -0.05) is 47.5 Å². The predicted octanol–water partition coefficient (Wildman–Crippen LogP) is 6.14. The molecule has 0 saturated heterocycles. The number of hydrogen-bond acceptors (Lipinski definition) is 3. The lowest BCUT2D eigenvalue weighted by Gasteiger charge is -2.03. The van der Waals surface area contributed by atoms with Crippen LogP contribution in [0.25, 0.3) is 22.9 Å². The third kappa shape index (κ3) is 3.56. The highest BCUT2D eigenvalue weighted by molar-refractivity contribution is 7.11. The average molecular weight is 351 g/mol. The maximum Gasteiger partial charge on any atom is 0.134 e. The molecule has 1 heterocycles. The molecule has 3 rings (SSSR count). The number of hydrogen-bond donors (Lipinski definition) is 0. The lowest BCUT2D eigenvalue weighted by atomic mass is 10.0. The van der Waals surface area contributed by atoms with Gasteiger partial charge in [0.2, 0.25) is 0 Å². The predicted molar refractivity (Wildman–Crippen MR) is 102 cm³/mol. The Morgan fingerprint density at radius 1 is 1.21 bits per heavy atom. The van der Waals surface area contributed by atoms with Crippen molar-refractivity contribution in [2.45, 2.75) is 13.8 Å². The van der Waals surface area contributed by atoms with E-state index in [1.54, 1.807) is 0 Å². The Balaban J connectivity index is 1.98. The molecule has 3 aromatic rings. The first-order valence-corrected chi connectivity index (χ1v) is 8.73. The molecule has 0 aliphatic carbocycles. The fourth-order valence-corrected chi connectivity index (χ4v) is 3.51. The lowest BCUT2D eigenvalue weighted by Crippen LogP contribution is -1.86. The number of halogens is 1. The molecule has 0 bridgehead atoms. The summed E-state index contributed by atoms with van der Waals surface area (Å²) in [6.45, 7) is 4.15. The number of allylic oxidation sites excluding steroid dienone is 1. The van der Waals surface area contributed by atoms with Gasteiger partial charge in [0.05, 0.1) is 11.3 Å². The zero-order chi connectivity index (χ0) is 17.1. The molecule has 4 heteroatoms. The van der Waals surface area contributed by atoms with E-state index in [1.807, 2.05) is 35.7 Å². The number of thiazole rings is 1. The van der Waals surface area contributed by atoms with Gasteiger partial charge in [-0.25, -0.2) is 4.98 Å². The summed E-state index contributed by atoms with van der Waals surface area (Å²) in [4.78, 5) is 4.66. The Kier molecular flexibility index (Phi) is 4.80. The van der Waals surface area contributed by atoms with E-state index < -0.39 is 0 Å². The fraction of sp³-hybridized carbons (Fsp3) is 0.100. The molecule has 118 valence electrons. The van der Waals surface area contributed by atoms with Crippen LogP contribution in [0.5, 0.6) is 0 Å². The van der Waals surface area contributed by atoms with E-state index in [-0.39, 0.29) is 0 Å². The van der Waals surface area contributed by atoms with Crippen molar-refractivity contribution >= 4 is 34.6 Å². The van der Waals surface area contributed by atoms with Gasteiger partial charge in [0, 0.05) is 16.0 Å². The van der Waals surface area contributed by atoms with Crippen LogP contribution in [0, 0.1) is 25.2 Å². The summed E-state index contributed by atoms with van der Waals surface area (Å²) >= 11 is 7.49.